The van der Waals surface area contributed by atoms with Crippen LogP contribution in [0.4, 0.5) is 5.69 Å². The van der Waals surface area contributed by atoms with Crippen LogP contribution in [0, 0.1) is 0 Å². The Kier molecular flexibility index (Phi) is 6.91. The van der Waals surface area contributed by atoms with Crippen molar-refractivity contribution in [3.05, 3.63) is 29.3 Å². The smallest absolute Gasteiger partial charge is 0.329 e. The van der Waals surface area contributed by atoms with Crippen LogP contribution >= 0.6 is 11.6 Å². The van der Waals surface area contributed by atoms with Gasteiger partial charge in [0.15, 0.2) is 0 Å². The Morgan fingerprint density at radius 2 is 1.84 bits per heavy atom. The summed E-state index contributed by atoms with van der Waals surface area (Å²) in [5.41, 5.74) is 3.15. The molecule has 0 aromatic heterocycles. The minimum Gasteiger partial charge on any atom is -0.378 e. The number of carbonyl (C=O) groups is 3. The SMILES string of the molecule is C/C(CC(=O)Nc1ccc(Cl)cc1)=N/NC(=O)C(=O)N1CCOCC1. The number of hydrazone groups is 1. The predicted octanol–water partition coefficient (Wildman–Crippen LogP) is 1.02. The maximum absolute atomic E-state index is 11.9. The summed E-state index contributed by atoms with van der Waals surface area (Å²) in [4.78, 5) is 37.0. The van der Waals surface area contributed by atoms with E-state index in [9.17, 15) is 14.4 Å². The fourth-order valence-electron chi connectivity index (χ4n) is 2.11. The highest BCUT2D eigenvalue weighted by Crippen LogP contribution is 2.13. The monoisotopic (exact) mass is 366 g/mol. The van der Waals surface area contributed by atoms with Gasteiger partial charge in [-0.2, -0.15) is 5.10 Å². The molecule has 1 heterocycles. The summed E-state index contributed by atoms with van der Waals surface area (Å²) in [6.07, 6.45) is -0.0192. The van der Waals surface area contributed by atoms with Gasteiger partial charge < -0.3 is 15.0 Å². The molecule has 25 heavy (non-hydrogen) atoms. The number of halogens is 1. The lowest BCUT2D eigenvalue weighted by Gasteiger charge is -2.25. The van der Waals surface area contributed by atoms with Gasteiger partial charge in [0.2, 0.25) is 5.91 Å². The van der Waals surface area contributed by atoms with Gasteiger partial charge in [0.25, 0.3) is 0 Å². The predicted molar refractivity (Wildman–Crippen MR) is 93.3 cm³/mol. The number of anilines is 1. The van der Waals surface area contributed by atoms with Gasteiger partial charge in [0, 0.05) is 29.5 Å². The summed E-state index contributed by atoms with van der Waals surface area (Å²) in [5, 5.41) is 7.05. The van der Waals surface area contributed by atoms with Crippen molar-refractivity contribution in [1.82, 2.24) is 10.3 Å². The second kappa shape index (κ2) is 9.14. The van der Waals surface area contributed by atoms with Gasteiger partial charge in [0.05, 0.1) is 19.6 Å². The van der Waals surface area contributed by atoms with E-state index in [1.807, 2.05) is 0 Å². The fourth-order valence-corrected chi connectivity index (χ4v) is 2.24. The zero-order chi connectivity index (χ0) is 18.2. The quantitative estimate of drug-likeness (QED) is 0.472. The van der Waals surface area contributed by atoms with E-state index in [0.29, 0.717) is 42.7 Å². The molecule has 0 bridgehead atoms. The van der Waals surface area contributed by atoms with E-state index in [1.165, 1.54) is 4.90 Å². The molecule has 1 fully saturated rings. The molecule has 9 heteroatoms. The first kappa shape index (κ1) is 18.9. The highest BCUT2D eigenvalue weighted by Gasteiger charge is 2.23. The van der Waals surface area contributed by atoms with Crippen LogP contribution in [0.1, 0.15) is 13.3 Å². The third kappa shape index (κ3) is 6.17. The molecule has 0 unspecified atom stereocenters. The number of morpholine rings is 1. The Bertz CT molecular complexity index is 669. The molecule has 1 aliphatic heterocycles. The normalized spacial score (nSPS) is 14.8. The van der Waals surface area contributed by atoms with Crippen molar-refractivity contribution in [2.45, 2.75) is 13.3 Å². The fraction of sp³-hybridized carbons (Fsp3) is 0.375. The molecule has 1 aliphatic rings. The molecule has 0 radical (unpaired) electrons. The molecule has 134 valence electrons. The van der Waals surface area contributed by atoms with Gasteiger partial charge >= 0.3 is 11.8 Å². The third-order valence-electron chi connectivity index (χ3n) is 3.39. The summed E-state index contributed by atoms with van der Waals surface area (Å²) >= 11 is 5.78. The number of nitrogens with zero attached hydrogens (tertiary/aromatic N) is 2. The Labute approximate surface area is 150 Å². The second-order valence-electron chi connectivity index (χ2n) is 5.42. The molecule has 2 rings (SSSR count). The van der Waals surface area contributed by atoms with Crippen molar-refractivity contribution in [3.63, 3.8) is 0 Å². The minimum atomic E-state index is -0.834. The van der Waals surface area contributed by atoms with Crippen molar-refractivity contribution in [3.8, 4) is 0 Å². The molecule has 0 atom stereocenters. The van der Waals surface area contributed by atoms with E-state index in [4.69, 9.17) is 16.3 Å². The molecule has 1 aromatic carbocycles. The van der Waals surface area contributed by atoms with Crippen LogP contribution in [-0.4, -0.2) is 54.6 Å². The number of hydrogen-bond donors (Lipinski definition) is 2. The van der Waals surface area contributed by atoms with E-state index < -0.39 is 11.8 Å². The summed E-state index contributed by atoms with van der Waals surface area (Å²) in [5.74, 6) is -1.79. The van der Waals surface area contributed by atoms with Gasteiger partial charge in [-0.1, -0.05) is 11.6 Å². The van der Waals surface area contributed by atoms with Gasteiger partial charge in [0.1, 0.15) is 0 Å². The molecular formula is C16H19ClN4O4. The maximum atomic E-state index is 11.9. The average Bonchev–Trinajstić information content (AvgIpc) is 2.61. The minimum absolute atomic E-state index is 0.0192. The van der Waals surface area contributed by atoms with Gasteiger partial charge in [-0.15, -0.1) is 0 Å². The number of rotatable bonds is 4. The van der Waals surface area contributed by atoms with Crippen LogP contribution in [0.5, 0.6) is 0 Å². The van der Waals surface area contributed by atoms with Crippen molar-refractivity contribution in [2.24, 2.45) is 5.10 Å². The number of hydrogen-bond acceptors (Lipinski definition) is 5. The molecule has 1 saturated heterocycles. The Morgan fingerprint density at radius 3 is 2.48 bits per heavy atom. The van der Waals surface area contributed by atoms with Crippen molar-refractivity contribution < 1.29 is 19.1 Å². The number of nitrogens with one attached hydrogen (secondary N) is 2. The number of benzene rings is 1. The van der Waals surface area contributed by atoms with E-state index >= 15 is 0 Å². The summed E-state index contributed by atoms with van der Waals surface area (Å²) in [6.45, 7) is 3.15. The third-order valence-corrected chi connectivity index (χ3v) is 3.64. The molecule has 3 amide bonds. The first-order valence-corrected chi connectivity index (χ1v) is 8.09. The maximum Gasteiger partial charge on any atom is 0.329 e. The number of amides is 3. The zero-order valence-electron chi connectivity index (χ0n) is 13.8. The van der Waals surface area contributed by atoms with Gasteiger partial charge in [-0.05, 0) is 31.2 Å². The average molecular weight is 367 g/mol. The second-order valence-corrected chi connectivity index (χ2v) is 5.86. The number of ether oxygens (including phenoxy) is 1. The first-order valence-electron chi connectivity index (χ1n) is 7.71. The zero-order valence-corrected chi connectivity index (χ0v) is 14.5. The number of carbonyl (C=O) groups excluding carboxylic acids is 3. The van der Waals surface area contributed by atoms with Crippen LogP contribution in [0.15, 0.2) is 29.4 Å². The van der Waals surface area contributed by atoms with E-state index in [-0.39, 0.29) is 12.3 Å². The van der Waals surface area contributed by atoms with Crippen molar-refractivity contribution >= 4 is 40.7 Å². The van der Waals surface area contributed by atoms with Crippen LogP contribution in [-0.2, 0) is 19.1 Å². The van der Waals surface area contributed by atoms with Crippen molar-refractivity contribution in [1.29, 1.82) is 0 Å². The molecule has 0 saturated carbocycles. The van der Waals surface area contributed by atoms with E-state index in [2.05, 4.69) is 15.8 Å². The molecule has 2 N–H and O–H groups in total. The van der Waals surface area contributed by atoms with Crippen molar-refractivity contribution in [2.75, 3.05) is 31.6 Å². The standard InChI is InChI=1S/C16H19ClN4O4/c1-11(10-14(22)18-13-4-2-12(17)3-5-13)19-20-15(23)16(24)21-6-8-25-9-7-21/h2-5H,6-10H2,1H3,(H,18,22)(H,20,23)/b19-11-. The highest BCUT2D eigenvalue weighted by atomic mass is 35.5. The molecule has 1 aromatic rings. The van der Waals surface area contributed by atoms with Crippen LogP contribution in [0.25, 0.3) is 0 Å². The van der Waals surface area contributed by atoms with Crippen LogP contribution in [0.3, 0.4) is 0 Å². The summed E-state index contributed by atoms with van der Waals surface area (Å²) in [6, 6.07) is 6.68. The summed E-state index contributed by atoms with van der Waals surface area (Å²) < 4.78 is 5.12. The van der Waals surface area contributed by atoms with E-state index in [1.54, 1.807) is 31.2 Å². The Morgan fingerprint density at radius 1 is 1.20 bits per heavy atom. The summed E-state index contributed by atoms with van der Waals surface area (Å²) in [7, 11) is 0. The van der Waals surface area contributed by atoms with Crippen LogP contribution < -0.4 is 10.7 Å². The largest absolute Gasteiger partial charge is 0.378 e. The molecular weight excluding hydrogens is 348 g/mol. The highest BCUT2D eigenvalue weighted by molar-refractivity contribution is 6.35. The Balaban J connectivity index is 1.79. The van der Waals surface area contributed by atoms with Crippen LogP contribution in [0.2, 0.25) is 5.02 Å². The molecule has 0 aliphatic carbocycles. The molecule has 0 spiro atoms. The van der Waals surface area contributed by atoms with Gasteiger partial charge in [-0.25, -0.2) is 5.43 Å². The lowest BCUT2D eigenvalue weighted by Crippen LogP contribution is -2.47. The lowest BCUT2D eigenvalue weighted by molar-refractivity contribution is -0.148. The van der Waals surface area contributed by atoms with E-state index in [0.717, 1.165) is 0 Å². The lowest BCUT2D eigenvalue weighted by atomic mass is 10.2. The topological polar surface area (TPSA) is 100 Å². The Hall–Kier alpha value is -2.45. The molecule has 8 nitrogen and oxygen atoms in total. The first-order chi connectivity index (χ1) is 12.0. The van der Waals surface area contributed by atoms with Gasteiger partial charge in [-0.3, -0.25) is 14.4 Å².